The van der Waals surface area contributed by atoms with E-state index in [-0.39, 0.29) is 17.9 Å². The molecule has 7 heteroatoms. The smallest absolute Gasteiger partial charge is 0.295 e. The summed E-state index contributed by atoms with van der Waals surface area (Å²) in [5.41, 5.74) is 1.32. The summed E-state index contributed by atoms with van der Waals surface area (Å²) in [5, 5.41) is 4.68. The molecular formula is C24H23N3O4. The van der Waals surface area contributed by atoms with E-state index in [1.165, 1.54) is 4.68 Å². The molecule has 1 heterocycles. The normalized spacial score (nSPS) is 10.8. The summed E-state index contributed by atoms with van der Waals surface area (Å²) in [6.07, 6.45) is 0. The third-order valence-electron chi connectivity index (χ3n) is 5.21. The molecule has 0 spiro atoms. The van der Waals surface area contributed by atoms with Crippen LogP contribution in [0.15, 0.2) is 71.5 Å². The lowest BCUT2D eigenvalue weighted by Gasteiger charge is -2.08. The average Bonchev–Trinajstić information content (AvgIpc) is 3.00. The summed E-state index contributed by atoms with van der Waals surface area (Å²) in [6.45, 7) is 1.57. The number of carbonyl (C=O) groups is 1. The van der Waals surface area contributed by atoms with E-state index in [4.69, 9.17) is 9.47 Å². The van der Waals surface area contributed by atoms with Crippen LogP contribution in [0.5, 0.6) is 11.5 Å². The van der Waals surface area contributed by atoms with Gasteiger partial charge in [0.2, 0.25) is 0 Å². The fourth-order valence-electron chi connectivity index (χ4n) is 3.46. The number of amides is 1. The van der Waals surface area contributed by atoms with Crippen molar-refractivity contribution in [2.24, 2.45) is 7.05 Å². The number of nitrogens with one attached hydrogen (secondary N) is 1. The van der Waals surface area contributed by atoms with Gasteiger partial charge in [-0.3, -0.25) is 14.3 Å². The van der Waals surface area contributed by atoms with Gasteiger partial charge in [0, 0.05) is 7.05 Å². The van der Waals surface area contributed by atoms with Gasteiger partial charge in [-0.15, -0.1) is 0 Å². The van der Waals surface area contributed by atoms with Crippen molar-refractivity contribution in [2.75, 3.05) is 19.0 Å². The van der Waals surface area contributed by atoms with E-state index in [9.17, 15) is 9.59 Å². The van der Waals surface area contributed by atoms with Gasteiger partial charge < -0.3 is 14.8 Å². The van der Waals surface area contributed by atoms with Gasteiger partial charge in [-0.25, -0.2) is 4.68 Å². The predicted octanol–water partition coefficient (Wildman–Crippen LogP) is 3.66. The molecule has 3 aromatic carbocycles. The van der Waals surface area contributed by atoms with Crippen molar-refractivity contribution >= 4 is 22.4 Å². The highest BCUT2D eigenvalue weighted by Gasteiger charge is 2.18. The van der Waals surface area contributed by atoms with Crippen molar-refractivity contribution in [3.05, 3.63) is 82.8 Å². The molecule has 31 heavy (non-hydrogen) atoms. The molecule has 0 saturated carbocycles. The number of carbonyl (C=O) groups excluding carboxylic acids is 1. The Kier molecular flexibility index (Phi) is 5.49. The Balaban J connectivity index is 1.50. The van der Waals surface area contributed by atoms with Crippen molar-refractivity contribution in [3.8, 4) is 17.2 Å². The predicted molar refractivity (Wildman–Crippen MR) is 120 cm³/mol. The topological polar surface area (TPSA) is 74.5 Å². The maximum Gasteiger partial charge on any atom is 0.295 e. The second-order valence-corrected chi connectivity index (χ2v) is 7.15. The fourth-order valence-corrected chi connectivity index (χ4v) is 3.46. The molecule has 4 rings (SSSR count). The monoisotopic (exact) mass is 417 g/mol. The van der Waals surface area contributed by atoms with E-state index in [0.29, 0.717) is 11.4 Å². The van der Waals surface area contributed by atoms with Gasteiger partial charge in [0.1, 0.15) is 17.2 Å². The number of para-hydroxylation sites is 1. The Morgan fingerprint density at radius 3 is 2.35 bits per heavy atom. The van der Waals surface area contributed by atoms with E-state index >= 15 is 0 Å². The van der Waals surface area contributed by atoms with Crippen molar-refractivity contribution in [1.29, 1.82) is 0 Å². The molecule has 7 nitrogen and oxygen atoms in total. The highest BCUT2D eigenvalue weighted by Crippen LogP contribution is 2.25. The van der Waals surface area contributed by atoms with Gasteiger partial charge in [-0.05, 0) is 54.1 Å². The quantitative estimate of drug-likeness (QED) is 0.520. The first-order valence-corrected chi connectivity index (χ1v) is 9.82. The average molecular weight is 417 g/mol. The molecular weight excluding hydrogens is 394 g/mol. The Morgan fingerprint density at radius 1 is 0.968 bits per heavy atom. The van der Waals surface area contributed by atoms with Crippen LogP contribution in [0.25, 0.3) is 16.5 Å². The standard InChI is InChI=1S/C24H23N3O4/c1-16-23(24(29)27(26(16)2)19-7-5-4-6-8-19)25-22(28)15-31-21-12-10-17-9-11-20(30-3)13-18(17)14-21/h4-14H,15H2,1-3H3,(H,25,28). The Morgan fingerprint density at radius 2 is 1.65 bits per heavy atom. The number of aromatic nitrogens is 2. The maximum atomic E-state index is 12.9. The SMILES string of the molecule is COc1ccc2ccc(OCC(=O)Nc3c(C)n(C)n(-c4ccccc4)c3=O)cc2c1. The largest absolute Gasteiger partial charge is 0.497 e. The van der Waals surface area contributed by atoms with Crippen molar-refractivity contribution in [1.82, 2.24) is 9.36 Å². The van der Waals surface area contributed by atoms with Gasteiger partial charge in [-0.1, -0.05) is 30.3 Å². The lowest BCUT2D eigenvalue weighted by Crippen LogP contribution is -2.25. The van der Waals surface area contributed by atoms with E-state index in [1.54, 1.807) is 31.8 Å². The number of fused-ring (bicyclic) bond motifs is 1. The van der Waals surface area contributed by atoms with Crippen LogP contribution in [0.3, 0.4) is 0 Å². The van der Waals surface area contributed by atoms with Gasteiger partial charge in [0.05, 0.1) is 18.5 Å². The summed E-state index contributed by atoms with van der Waals surface area (Å²) >= 11 is 0. The molecule has 0 aliphatic rings. The van der Waals surface area contributed by atoms with Crippen LogP contribution < -0.4 is 20.3 Å². The molecule has 0 radical (unpaired) electrons. The summed E-state index contributed by atoms with van der Waals surface area (Å²) in [7, 11) is 3.39. The van der Waals surface area contributed by atoms with Gasteiger partial charge >= 0.3 is 0 Å². The van der Waals surface area contributed by atoms with E-state index in [0.717, 1.165) is 22.2 Å². The minimum atomic E-state index is -0.406. The zero-order valence-electron chi connectivity index (χ0n) is 17.6. The molecule has 0 unspecified atom stereocenters. The molecule has 0 fully saturated rings. The summed E-state index contributed by atoms with van der Waals surface area (Å²) < 4.78 is 14.1. The molecule has 0 bridgehead atoms. The van der Waals surface area contributed by atoms with E-state index < -0.39 is 5.91 Å². The fraction of sp³-hybridized carbons (Fsp3) is 0.167. The van der Waals surface area contributed by atoms with Crippen LogP contribution in [0.4, 0.5) is 5.69 Å². The summed E-state index contributed by atoms with van der Waals surface area (Å²) in [6, 6.07) is 20.6. The third-order valence-corrected chi connectivity index (χ3v) is 5.21. The minimum Gasteiger partial charge on any atom is -0.497 e. The molecule has 1 N–H and O–H groups in total. The molecule has 0 saturated heterocycles. The van der Waals surface area contributed by atoms with Crippen LogP contribution in [-0.4, -0.2) is 29.0 Å². The van der Waals surface area contributed by atoms with Gasteiger partial charge in [-0.2, -0.15) is 0 Å². The number of ether oxygens (including phenoxy) is 2. The molecule has 0 atom stereocenters. The Labute approximate surface area is 179 Å². The van der Waals surface area contributed by atoms with Crippen molar-refractivity contribution in [3.63, 3.8) is 0 Å². The first-order valence-electron chi connectivity index (χ1n) is 9.82. The molecule has 1 aromatic heterocycles. The van der Waals surface area contributed by atoms with Crippen LogP contribution in [0, 0.1) is 6.92 Å². The number of nitrogens with zero attached hydrogens (tertiary/aromatic N) is 2. The number of hydrogen-bond donors (Lipinski definition) is 1. The summed E-state index contributed by atoms with van der Waals surface area (Å²) in [4.78, 5) is 25.4. The lowest BCUT2D eigenvalue weighted by molar-refractivity contribution is -0.118. The zero-order valence-corrected chi connectivity index (χ0v) is 17.6. The lowest BCUT2D eigenvalue weighted by atomic mass is 10.1. The van der Waals surface area contributed by atoms with Crippen LogP contribution in [0.2, 0.25) is 0 Å². The van der Waals surface area contributed by atoms with Crippen molar-refractivity contribution < 1.29 is 14.3 Å². The number of hydrogen-bond acceptors (Lipinski definition) is 4. The van der Waals surface area contributed by atoms with Crippen LogP contribution in [-0.2, 0) is 11.8 Å². The molecule has 4 aromatic rings. The van der Waals surface area contributed by atoms with E-state index in [1.807, 2.05) is 60.7 Å². The van der Waals surface area contributed by atoms with Crippen LogP contribution in [0.1, 0.15) is 5.69 Å². The number of methoxy groups -OCH3 is 1. The van der Waals surface area contributed by atoms with Gasteiger partial charge in [0.25, 0.3) is 11.5 Å². The van der Waals surface area contributed by atoms with Gasteiger partial charge in [0.15, 0.2) is 6.61 Å². The first kappa shape index (κ1) is 20.3. The highest BCUT2D eigenvalue weighted by atomic mass is 16.5. The third kappa shape index (κ3) is 4.02. The Bertz CT molecular complexity index is 1310. The number of rotatable bonds is 6. The second-order valence-electron chi connectivity index (χ2n) is 7.15. The molecule has 0 aliphatic carbocycles. The minimum absolute atomic E-state index is 0.214. The zero-order chi connectivity index (χ0) is 22.0. The highest BCUT2D eigenvalue weighted by molar-refractivity contribution is 5.92. The molecule has 158 valence electrons. The maximum absolute atomic E-state index is 12.9. The van der Waals surface area contributed by atoms with Crippen LogP contribution >= 0.6 is 0 Å². The van der Waals surface area contributed by atoms with Crippen molar-refractivity contribution in [2.45, 2.75) is 6.92 Å². The number of benzene rings is 3. The number of anilines is 1. The summed E-state index contributed by atoms with van der Waals surface area (Å²) in [5.74, 6) is 0.899. The Hall–Kier alpha value is -4.00. The molecule has 0 aliphatic heterocycles. The second kappa shape index (κ2) is 8.39. The molecule has 1 amide bonds. The first-order chi connectivity index (χ1) is 15.0. The van der Waals surface area contributed by atoms with E-state index in [2.05, 4.69) is 5.32 Å².